The Kier molecular flexibility index (Phi) is 6.28. The average Bonchev–Trinajstić information content (AvgIpc) is 2.32. The van der Waals surface area contributed by atoms with Crippen LogP contribution in [0.15, 0.2) is 27.6 Å². The number of benzene rings is 1. The number of aryl methyl sites for hydroxylation is 1. The third-order valence-electron chi connectivity index (χ3n) is 2.40. The lowest BCUT2D eigenvalue weighted by atomic mass is 10.2. The second-order valence-electron chi connectivity index (χ2n) is 3.86. The van der Waals surface area contributed by atoms with Crippen molar-refractivity contribution in [2.75, 3.05) is 19.8 Å². The van der Waals surface area contributed by atoms with Crippen molar-refractivity contribution in [2.45, 2.75) is 25.2 Å². The summed E-state index contributed by atoms with van der Waals surface area (Å²) >= 11 is 3.35. The van der Waals surface area contributed by atoms with E-state index in [4.69, 9.17) is 4.74 Å². The molecule has 6 heteroatoms. The lowest BCUT2D eigenvalue weighted by Gasteiger charge is -2.08. The van der Waals surface area contributed by atoms with Gasteiger partial charge in [0, 0.05) is 24.2 Å². The van der Waals surface area contributed by atoms with Crippen molar-refractivity contribution in [2.24, 2.45) is 0 Å². The summed E-state index contributed by atoms with van der Waals surface area (Å²) in [5.41, 5.74) is 0.896. The van der Waals surface area contributed by atoms with Gasteiger partial charge in [-0.1, -0.05) is 15.9 Å². The Morgan fingerprint density at radius 3 is 2.72 bits per heavy atom. The molecule has 1 rings (SSSR count). The molecular weight excluding hydrogens is 318 g/mol. The molecule has 0 fully saturated rings. The topological polar surface area (TPSA) is 55.4 Å². The second-order valence-corrected chi connectivity index (χ2v) is 6.48. The average molecular weight is 336 g/mol. The van der Waals surface area contributed by atoms with Crippen LogP contribution in [0, 0.1) is 6.92 Å². The highest BCUT2D eigenvalue weighted by Crippen LogP contribution is 2.19. The Morgan fingerprint density at radius 2 is 2.11 bits per heavy atom. The third kappa shape index (κ3) is 4.68. The van der Waals surface area contributed by atoms with Gasteiger partial charge in [-0.15, -0.1) is 0 Å². The van der Waals surface area contributed by atoms with Crippen LogP contribution in [0.5, 0.6) is 0 Å². The summed E-state index contributed by atoms with van der Waals surface area (Å²) in [6.45, 7) is 5.38. The molecule has 0 aliphatic rings. The maximum Gasteiger partial charge on any atom is 0.240 e. The van der Waals surface area contributed by atoms with E-state index in [0.29, 0.717) is 31.1 Å². The molecule has 0 amide bonds. The quantitative estimate of drug-likeness (QED) is 0.778. The van der Waals surface area contributed by atoms with E-state index in [2.05, 4.69) is 20.7 Å². The van der Waals surface area contributed by atoms with E-state index >= 15 is 0 Å². The van der Waals surface area contributed by atoms with Gasteiger partial charge < -0.3 is 4.74 Å². The molecule has 1 N–H and O–H groups in total. The molecule has 0 bridgehead atoms. The fraction of sp³-hybridized carbons (Fsp3) is 0.500. The molecule has 0 heterocycles. The maximum atomic E-state index is 12.0. The van der Waals surface area contributed by atoms with E-state index in [1.165, 1.54) is 0 Å². The van der Waals surface area contributed by atoms with Crippen molar-refractivity contribution in [3.8, 4) is 0 Å². The zero-order chi connectivity index (χ0) is 13.6. The van der Waals surface area contributed by atoms with Crippen molar-refractivity contribution < 1.29 is 13.2 Å². The molecule has 1 aromatic carbocycles. The fourth-order valence-corrected chi connectivity index (χ4v) is 2.80. The molecular formula is C12H18BrNO3S. The molecule has 0 saturated carbocycles. The van der Waals surface area contributed by atoms with E-state index < -0.39 is 10.0 Å². The van der Waals surface area contributed by atoms with Gasteiger partial charge in [-0.3, -0.25) is 0 Å². The Bertz CT molecular complexity index is 488. The predicted octanol–water partition coefficient (Wildman–Crippen LogP) is 2.46. The van der Waals surface area contributed by atoms with Gasteiger partial charge >= 0.3 is 0 Å². The summed E-state index contributed by atoms with van der Waals surface area (Å²) in [7, 11) is -3.41. The second kappa shape index (κ2) is 7.23. The molecule has 0 aromatic heterocycles. The van der Waals surface area contributed by atoms with Gasteiger partial charge in [-0.05, 0) is 44.0 Å². The number of rotatable bonds is 7. The van der Waals surface area contributed by atoms with E-state index in [0.717, 1.165) is 10.0 Å². The Balaban J connectivity index is 2.60. The van der Waals surface area contributed by atoms with Gasteiger partial charge in [-0.2, -0.15) is 0 Å². The molecule has 0 spiro atoms. The number of hydrogen-bond acceptors (Lipinski definition) is 3. The van der Waals surface area contributed by atoms with Crippen LogP contribution in [-0.4, -0.2) is 28.2 Å². The van der Waals surface area contributed by atoms with Crippen LogP contribution in [0.1, 0.15) is 18.9 Å². The zero-order valence-electron chi connectivity index (χ0n) is 10.6. The molecule has 0 saturated heterocycles. The van der Waals surface area contributed by atoms with Gasteiger partial charge in [0.1, 0.15) is 0 Å². The molecule has 0 aliphatic carbocycles. The lowest BCUT2D eigenvalue weighted by Crippen LogP contribution is -2.25. The van der Waals surface area contributed by atoms with Crippen molar-refractivity contribution >= 4 is 26.0 Å². The predicted molar refractivity (Wildman–Crippen MR) is 75.2 cm³/mol. The molecule has 1 aromatic rings. The minimum Gasteiger partial charge on any atom is -0.382 e. The van der Waals surface area contributed by atoms with Crippen LogP contribution in [0.2, 0.25) is 0 Å². The lowest BCUT2D eigenvalue weighted by molar-refractivity contribution is 0.146. The van der Waals surface area contributed by atoms with E-state index in [1.807, 2.05) is 13.8 Å². The fourth-order valence-electron chi connectivity index (χ4n) is 1.39. The van der Waals surface area contributed by atoms with Crippen LogP contribution in [0.3, 0.4) is 0 Å². The minimum absolute atomic E-state index is 0.291. The van der Waals surface area contributed by atoms with Gasteiger partial charge in [0.05, 0.1) is 4.90 Å². The largest absolute Gasteiger partial charge is 0.382 e. The van der Waals surface area contributed by atoms with E-state index in [1.54, 1.807) is 18.2 Å². The number of ether oxygens (including phenoxy) is 1. The molecule has 4 nitrogen and oxygen atoms in total. The summed E-state index contributed by atoms with van der Waals surface area (Å²) in [5, 5.41) is 0. The molecule has 0 atom stereocenters. The van der Waals surface area contributed by atoms with Crippen molar-refractivity contribution in [1.29, 1.82) is 0 Å². The highest BCUT2D eigenvalue weighted by molar-refractivity contribution is 9.10. The molecule has 0 unspecified atom stereocenters. The van der Waals surface area contributed by atoms with Crippen molar-refractivity contribution in [3.63, 3.8) is 0 Å². The van der Waals surface area contributed by atoms with E-state index in [9.17, 15) is 8.42 Å². The Hall–Kier alpha value is -0.430. The monoisotopic (exact) mass is 335 g/mol. The van der Waals surface area contributed by atoms with Crippen molar-refractivity contribution in [1.82, 2.24) is 4.72 Å². The van der Waals surface area contributed by atoms with Gasteiger partial charge in [-0.25, -0.2) is 13.1 Å². The van der Waals surface area contributed by atoms with Gasteiger partial charge in [0.15, 0.2) is 0 Å². The van der Waals surface area contributed by atoms with Crippen molar-refractivity contribution in [3.05, 3.63) is 28.2 Å². The first-order valence-corrected chi connectivity index (χ1v) is 8.08. The number of nitrogens with one attached hydrogen (secondary N) is 1. The van der Waals surface area contributed by atoms with Crippen LogP contribution in [0.4, 0.5) is 0 Å². The maximum absolute atomic E-state index is 12.0. The molecule has 18 heavy (non-hydrogen) atoms. The minimum atomic E-state index is -3.41. The summed E-state index contributed by atoms with van der Waals surface area (Å²) < 4.78 is 32.5. The highest BCUT2D eigenvalue weighted by Gasteiger charge is 2.13. The first-order valence-electron chi connectivity index (χ1n) is 5.81. The number of hydrogen-bond donors (Lipinski definition) is 1. The van der Waals surface area contributed by atoms with Gasteiger partial charge in [0.25, 0.3) is 0 Å². The summed E-state index contributed by atoms with van der Waals surface area (Å²) in [6, 6.07) is 4.97. The summed E-state index contributed by atoms with van der Waals surface area (Å²) in [5.74, 6) is 0. The summed E-state index contributed by atoms with van der Waals surface area (Å²) in [4.78, 5) is 0.291. The SMILES string of the molecule is CCOCCCNS(=O)(=O)c1ccc(Br)c(C)c1. The number of halogens is 1. The van der Waals surface area contributed by atoms with Gasteiger partial charge in [0.2, 0.25) is 10.0 Å². The summed E-state index contributed by atoms with van der Waals surface area (Å²) in [6.07, 6.45) is 0.669. The Labute approximate surface area is 117 Å². The van der Waals surface area contributed by atoms with Crippen LogP contribution in [-0.2, 0) is 14.8 Å². The van der Waals surface area contributed by atoms with E-state index in [-0.39, 0.29) is 0 Å². The van der Waals surface area contributed by atoms with Crippen LogP contribution >= 0.6 is 15.9 Å². The highest BCUT2D eigenvalue weighted by atomic mass is 79.9. The number of sulfonamides is 1. The molecule has 0 aliphatic heterocycles. The standard InChI is InChI=1S/C12H18BrNO3S/c1-3-17-8-4-7-14-18(15,16)11-5-6-12(13)10(2)9-11/h5-6,9,14H,3-4,7-8H2,1-2H3. The zero-order valence-corrected chi connectivity index (χ0v) is 13.0. The van der Waals surface area contributed by atoms with Crippen LogP contribution in [0.25, 0.3) is 0 Å². The molecule has 102 valence electrons. The smallest absolute Gasteiger partial charge is 0.240 e. The first-order chi connectivity index (χ1) is 8.47. The Morgan fingerprint density at radius 1 is 1.39 bits per heavy atom. The van der Waals surface area contributed by atoms with Crippen LogP contribution < -0.4 is 4.72 Å². The molecule has 0 radical (unpaired) electrons. The first kappa shape index (κ1) is 15.6. The third-order valence-corrected chi connectivity index (χ3v) is 4.75. The normalized spacial score (nSPS) is 11.7.